The number of amides is 1. The topological polar surface area (TPSA) is 72.5 Å². The lowest BCUT2D eigenvalue weighted by molar-refractivity contribution is -0.130. The van der Waals surface area contributed by atoms with E-state index in [-0.39, 0.29) is 18.3 Å². The van der Waals surface area contributed by atoms with Crippen LogP contribution < -0.4 is 10.6 Å². The van der Waals surface area contributed by atoms with Crippen molar-refractivity contribution in [3.63, 3.8) is 0 Å². The van der Waals surface area contributed by atoms with Gasteiger partial charge in [0.25, 0.3) is 0 Å². The minimum absolute atomic E-state index is 0.117. The Balaban J connectivity index is 1.45. The van der Waals surface area contributed by atoms with Crippen LogP contribution in [-0.2, 0) is 11.2 Å². The summed E-state index contributed by atoms with van der Waals surface area (Å²) in [5.41, 5.74) is 1.92. The molecule has 1 aliphatic rings. The number of halogens is 1. The molecule has 0 spiro atoms. The molecule has 1 saturated heterocycles. The first kappa shape index (κ1) is 18.2. The van der Waals surface area contributed by atoms with E-state index in [1.807, 2.05) is 11.1 Å². The lowest BCUT2D eigenvalue weighted by atomic mass is 10.1. The maximum atomic E-state index is 13.2. The molecule has 140 valence electrons. The predicted molar refractivity (Wildman–Crippen MR) is 102 cm³/mol. The van der Waals surface area contributed by atoms with Gasteiger partial charge in [-0.3, -0.25) is 9.79 Å². The van der Waals surface area contributed by atoms with E-state index in [1.165, 1.54) is 18.6 Å². The third-order valence-corrected chi connectivity index (χ3v) is 4.76. The van der Waals surface area contributed by atoms with Gasteiger partial charge in [-0.05, 0) is 49.4 Å². The lowest BCUT2D eigenvalue weighted by Gasteiger charge is -2.27. The molecule has 3 rings (SSSR count). The number of hydrogen-bond donors (Lipinski definition) is 3. The van der Waals surface area contributed by atoms with Crippen LogP contribution in [0.2, 0.25) is 0 Å². The molecule has 1 aromatic heterocycles. The summed E-state index contributed by atoms with van der Waals surface area (Å²) in [5.74, 6) is 0.486. The average Bonchev–Trinajstić information content (AvgIpc) is 3.07. The van der Waals surface area contributed by atoms with Gasteiger partial charge in [0.05, 0.1) is 6.54 Å². The minimum Gasteiger partial charge on any atom is -0.361 e. The molecule has 1 aromatic carbocycles. The summed E-state index contributed by atoms with van der Waals surface area (Å²) >= 11 is 0. The summed E-state index contributed by atoms with van der Waals surface area (Å²) in [7, 11) is 1.69. The van der Waals surface area contributed by atoms with E-state index in [0.29, 0.717) is 12.5 Å². The monoisotopic (exact) mass is 359 g/mol. The zero-order valence-electron chi connectivity index (χ0n) is 15.1. The van der Waals surface area contributed by atoms with Crippen molar-refractivity contribution in [3.05, 3.63) is 35.8 Å². The number of nitrogens with one attached hydrogen (secondary N) is 3. The SMILES string of the molecule is CN=C(NCCc1c[nH]c2cc(F)ccc12)NCC(=O)N1CCCCC1. The number of aromatic nitrogens is 1. The van der Waals surface area contributed by atoms with Gasteiger partial charge in [0.2, 0.25) is 5.91 Å². The Bertz CT molecular complexity index is 779. The summed E-state index contributed by atoms with van der Waals surface area (Å²) in [6, 6.07) is 4.76. The molecule has 0 atom stereocenters. The summed E-state index contributed by atoms with van der Waals surface area (Å²) in [4.78, 5) is 21.4. The highest BCUT2D eigenvalue weighted by Crippen LogP contribution is 2.19. The van der Waals surface area contributed by atoms with Crippen LogP contribution in [0, 0.1) is 5.82 Å². The number of piperidine rings is 1. The highest BCUT2D eigenvalue weighted by atomic mass is 19.1. The zero-order valence-corrected chi connectivity index (χ0v) is 15.1. The number of carbonyl (C=O) groups excluding carboxylic acids is 1. The van der Waals surface area contributed by atoms with Gasteiger partial charge < -0.3 is 20.5 Å². The van der Waals surface area contributed by atoms with Gasteiger partial charge in [-0.25, -0.2) is 4.39 Å². The van der Waals surface area contributed by atoms with Crippen molar-refractivity contribution in [2.24, 2.45) is 4.99 Å². The number of H-pyrrole nitrogens is 1. The molecule has 0 unspecified atom stereocenters. The number of fused-ring (bicyclic) bond motifs is 1. The summed E-state index contributed by atoms with van der Waals surface area (Å²) in [6.45, 7) is 2.63. The maximum Gasteiger partial charge on any atom is 0.241 e. The summed E-state index contributed by atoms with van der Waals surface area (Å²) < 4.78 is 13.2. The summed E-state index contributed by atoms with van der Waals surface area (Å²) in [6.07, 6.45) is 6.07. The van der Waals surface area contributed by atoms with Crippen molar-refractivity contribution >= 4 is 22.8 Å². The number of rotatable bonds is 5. The molecular formula is C19H26FN5O. The van der Waals surface area contributed by atoms with Gasteiger partial charge >= 0.3 is 0 Å². The highest BCUT2D eigenvalue weighted by Gasteiger charge is 2.16. The summed E-state index contributed by atoms with van der Waals surface area (Å²) in [5, 5.41) is 7.33. The Labute approximate surface area is 152 Å². The van der Waals surface area contributed by atoms with Crippen molar-refractivity contribution in [2.45, 2.75) is 25.7 Å². The maximum absolute atomic E-state index is 13.2. The Hall–Kier alpha value is -2.57. The third-order valence-electron chi connectivity index (χ3n) is 4.76. The smallest absolute Gasteiger partial charge is 0.241 e. The number of benzene rings is 1. The number of aromatic amines is 1. The van der Waals surface area contributed by atoms with Crippen LogP contribution in [-0.4, -0.2) is 55.0 Å². The van der Waals surface area contributed by atoms with Gasteiger partial charge in [0.1, 0.15) is 5.82 Å². The zero-order chi connectivity index (χ0) is 18.4. The van der Waals surface area contributed by atoms with E-state index >= 15 is 0 Å². The molecule has 2 aromatic rings. The van der Waals surface area contributed by atoms with Crippen molar-refractivity contribution in [3.8, 4) is 0 Å². The highest BCUT2D eigenvalue weighted by molar-refractivity contribution is 5.86. The minimum atomic E-state index is -0.244. The molecule has 0 radical (unpaired) electrons. The third kappa shape index (κ3) is 4.53. The number of nitrogens with zero attached hydrogens (tertiary/aromatic N) is 2. The quantitative estimate of drug-likeness (QED) is 0.565. The molecule has 0 saturated carbocycles. The van der Waals surface area contributed by atoms with Crippen molar-refractivity contribution < 1.29 is 9.18 Å². The predicted octanol–water partition coefficient (Wildman–Crippen LogP) is 2.03. The largest absolute Gasteiger partial charge is 0.361 e. The molecule has 2 heterocycles. The van der Waals surface area contributed by atoms with Crippen LogP contribution in [0.4, 0.5) is 4.39 Å². The standard InChI is InChI=1S/C19H26FN5O/c1-21-19(24-13-18(26)25-9-3-2-4-10-25)22-8-7-14-12-23-17-11-15(20)5-6-16(14)17/h5-6,11-12,23H,2-4,7-10,13H2,1H3,(H2,21,22,24). The fraction of sp³-hybridized carbons (Fsp3) is 0.474. The van der Waals surface area contributed by atoms with E-state index in [9.17, 15) is 9.18 Å². The fourth-order valence-electron chi connectivity index (χ4n) is 3.32. The second kappa shape index (κ2) is 8.69. The Morgan fingerprint density at radius 3 is 2.85 bits per heavy atom. The van der Waals surface area contributed by atoms with Crippen LogP contribution in [0.5, 0.6) is 0 Å². The molecular weight excluding hydrogens is 333 g/mol. The second-order valence-corrected chi connectivity index (χ2v) is 6.55. The molecule has 7 heteroatoms. The van der Waals surface area contributed by atoms with E-state index in [0.717, 1.165) is 48.8 Å². The van der Waals surface area contributed by atoms with Crippen LogP contribution in [0.3, 0.4) is 0 Å². The van der Waals surface area contributed by atoms with E-state index in [2.05, 4.69) is 20.6 Å². The Kier molecular flexibility index (Phi) is 6.09. The number of hydrogen-bond acceptors (Lipinski definition) is 2. The van der Waals surface area contributed by atoms with Crippen LogP contribution in [0.1, 0.15) is 24.8 Å². The van der Waals surface area contributed by atoms with E-state index in [4.69, 9.17) is 0 Å². The fourth-order valence-corrected chi connectivity index (χ4v) is 3.32. The van der Waals surface area contributed by atoms with Gasteiger partial charge in [-0.15, -0.1) is 0 Å². The first-order valence-electron chi connectivity index (χ1n) is 9.15. The molecule has 0 bridgehead atoms. The first-order chi connectivity index (χ1) is 12.7. The van der Waals surface area contributed by atoms with E-state index < -0.39 is 0 Å². The van der Waals surface area contributed by atoms with Crippen molar-refractivity contribution in [2.75, 3.05) is 33.2 Å². The van der Waals surface area contributed by atoms with Crippen LogP contribution in [0.25, 0.3) is 10.9 Å². The Morgan fingerprint density at radius 1 is 1.27 bits per heavy atom. The number of guanidine groups is 1. The molecule has 3 N–H and O–H groups in total. The Morgan fingerprint density at radius 2 is 2.08 bits per heavy atom. The van der Waals surface area contributed by atoms with Gasteiger partial charge in [-0.1, -0.05) is 0 Å². The first-order valence-corrected chi connectivity index (χ1v) is 9.15. The second-order valence-electron chi connectivity index (χ2n) is 6.55. The molecule has 6 nitrogen and oxygen atoms in total. The van der Waals surface area contributed by atoms with Crippen molar-refractivity contribution in [1.82, 2.24) is 20.5 Å². The molecule has 1 amide bonds. The molecule has 1 aliphatic heterocycles. The van der Waals surface area contributed by atoms with Gasteiger partial charge in [0.15, 0.2) is 5.96 Å². The molecule has 1 fully saturated rings. The van der Waals surface area contributed by atoms with Gasteiger partial charge in [-0.2, -0.15) is 0 Å². The van der Waals surface area contributed by atoms with Crippen molar-refractivity contribution in [1.29, 1.82) is 0 Å². The number of carbonyl (C=O) groups is 1. The van der Waals surface area contributed by atoms with Gasteiger partial charge in [0, 0.05) is 43.8 Å². The number of aliphatic imine (C=N–C) groups is 1. The lowest BCUT2D eigenvalue weighted by Crippen LogP contribution is -2.46. The molecule has 0 aliphatic carbocycles. The normalized spacial score (nSPS) is 15.3. The molecule has 26 heavy (non-hydrogen) atoms. The average molecular weight is 359 g/mol. The number of likely N-dealkylation sites (tertiary alicyclic amines) is 1. The van der Waals surface area contributed by atoms with Crippen LogP contribution in [0.15, 0.2) is 29.4 Å². The van der Waals surface area contributed by atoms with E-state index in [1.54, 1.807) is 13.1 Å². The van der Waals surface area contributed by atoms with Crippen LogP contribution >= 0.6 is 0 Å².